The summed E-state index contributed by atoms with van der Waals surface area (Å²) in [4.78, 5) is 2.45. The molecule has 1 heterocycles. The monoisotopic (exact) mass is 235 g/mol. The Bertz CT molecular complexity index is 350. The van der Waals surface area contributed by atoms with Crippen molar-refractivity contribution in [3.8, 4) is 5.75 Å². The van der Waals surface area contributed by atoms with Gasteiger partial charge in [-0.15, -0.1) is 0 Å². The van der Waals surface area contributed by atoms with Gasteiger partial charge in [0.25, 0.3) is 0 Å². The van der Waals surface area contributed by atoms with Crippen molar-refractivity contribution < 1.29 is 9.84 Å². The number of hydrogen-bond donors (Lipinski definition) is 1. The first-order valence-corrected chi connectivity index (χ1v) is 6.31. The minimum Gasteiger partial charge on any atom is -0.508 e. The highest BCUT2D eigenvalue weighted by Crippen LogP contribution is 2.24. The third-order valence-electron chi connectivity index (χ3n) is 3.41. The molecule has 0 aliphatic carbocycles. The number of benzene rings is 1. The van der Waals surface area contributed by atoms with Crippen molar-refractivity contribution >= 4 is 0 Å². The Morgan fingerprint density at radius 3 is 2.76 bits per heavy atom. The van der Waals surface area contributed by atoms with Crippen LogP contribution in [0.4, 0.5) is 0 Å². The van der Waals surface area contributed by atoms with Gasteiger partial charge < -0.3 is 9.84 Å². The second-order valence-electron chi connectivity index (χ2n) is 4.80. The largest absolute Gasteiger partial charge is 0.508 e. The van der Waals surface area contributed by atoms with Gasteiger partial charge in [0.2, 0.25) is 0 Å². The molecule has 1 N–H and O–H groups in total. The summed E-state index contributed by atoms with van der Waals surface area (Å²) >= 11 is 0. The Kier molecular flexibility index (Phi) is 4.02. The molecule has 2 rings (SSSR count). The fraction of sp³-hybridized carbons (Fsp3) is 0.571. The third-order valence-corrected chi connectivity index (χ3v) is 3.41. The zero-order valence-corrected chi connectivity index (χ0v) is 10.6. The zero-order chi connectivity index (χ0) is 12.3. The maximum Gasteiger partial charge on any atom is 0.115 e. The second-order valence-corrected chi connectivity index (χ2v) is 4.80. The van der Waals surface area contributed by atoms with Gasteiger partial charge in [-0.25, -0.2) is 0 Å². The first-order valence-electron chi connectivity index (χ1n) is 6.31. The van der Waals surface area contributed by atoms with Crippen LogP contribution in [0.2, 0.25) is 0 Å². The Labute approximate surface area is 103 Å². The second kappa shape index (κ2) is 5.52. The Hall–Kier alpha value is -1.06. The van der Waals surface area contributed by atoms with Crippen molar-refractivity contribution in [2.45, 2.75) is 32.4 Å². The fourth-order valence-corrected chi connectivity index (χ4v) is 2.34. The number of ether oxygens (including phenoxy) is 1. The molecule has 3 heteroatoms. The molecular weight excluding hydrogens is 214 g/mol. The lowest BCUT2D eigenvalue weighted by atomic mass is 10.1. The van der Waals surface area contributed by atoms with Crippen LogP contribution < -0.4 is 0 Å². The maximum atomic E-state index is 9.30. The molecule has 0 bridgehead atoms. The maximum absolute atomic E-state index is 9.30. The van der Waals surface area contributed by atoms with Crippen LogP contribution in [-0.4, -0.2) is 35.8 Å². The molecule has 2 atom stereocenters. The highest BCUT2D eigenvalue weighted by molar-refractivity contribution is 5.27. The molecule has 0 saturated carbocycles. The van der Waals surface area contributed by atoms with Gasteiger partial charge in [0.05, 0.1) is 6.10 Å². The molecule has 0 aromatic heterocycles. The number of phenolic OH excluding ortho intramolecular Hbond substituents is 1. The van der Waals surface area contributed by atoms with E-state index >= 15 is 0 Å². The van der Waals surface area contributed by atoms with Crippen molar-refractivity contribution in [3.05, 3.63) is 29.8 Å². The van der Waals surface area contributed by atoms with Crippen LogP contribution in [-0.2, 0) is 4.74 Å². The van der Waals surface area contributed by atoms with Gasteiger partial charge >= 0.3 is 0 Å². The van der Waals surface area contributed by atoms with E-state index in [-0.39, 0.29) is 0 Å². The third kappa shape index (κ3) is 3.20. The Morgan fingerprint density at radius 1 is 1.35 bits per heavy atom. The minimum absolute atomic E-state index is 0.303. The highest BCUT2D eigenvalue weighted by Gasteiger charge is 2.20. The Balaban J connectivity index is 2.07. The molecule has 1 aromatic rings. The summed E-state index contributed by atoms with van der Waals surface area (Å²) in [6.45, 7) is 7.25. The van der Waals surface area contributed by atoms with Gasteiger partial charge in [-0.1, -0.05) is 12.1 Å². The summed E-state index contributed by atoms with van der Waals surface area (Å²) in [6, 6.07) is 7.87. The molecule has 2 unspecified atom stereocenters. The molecule has 3 nitrogen and oxygen atoms in total. The number of nitrogens with zero attached hydrogens (tertiary/aromatic N) is 1. The van der Waals surface area contributed by atoms with Crippen LogP contribution in [0.5, 0.6) is 5.75 Å². The van der Waals surface area contributed by atoms with Gasteiger partial charge in [0.15, 0.2) is 0 Å². The highest BCUT2D eigenvalue weighted by atomic mass is 16.5. The smallest absolute Gasteiger partial charge is 0.115 e. The molecule has 0 amide bonds. The van der Waals surface area contributed by atoms with E-state index in [4.69, 9.17) is 4.74 Å². The quantitative estimate of drug-likeness (QED) is 0.855. The SMILES string of the molecule is CC1CN(C(C)c2ccc(O)cc2)CCCO1. The van der Waals surface area contributed by atoms with E-state index in [0.29, 0.717) is 17.9 Å². The Morgan fingerprint density at radius 2 is 2.06 bits per heavy atom. The summed E-state index contributed by atoms with van der Waals surface area (Å²) in [7, 11) is 0. The summed E-state index contributed by atoms with van der Waals surface area (Å²) < 4.78 is 5.66. The molecule has 1 fully saturated rings. The topological polar surface area (TPSA) is 32.7 Å². The van der Waals surface area contributed by atoms with Crippen molar-refractivity contribution in [3.63, 3.8) is 0 Å². The lowest BCUT2D eigenvalue weighted by molar-refractivity contribution is 0.0620. The molecule has 94 valence electrons. The van der Waals surface area contributed by atoms with E-state index in [9.17, 15) is 5.11 Å². The molecule has 1 saturated heterocycles. The van der Waals surface area contributed by atoms with Crippen molar-refractivity contribution in [2.24, 2.45) is 0 Å². The van der Waals surface area contributed by atoms with E-state index in [1.54, 1.807) is 12.1 Å². The summed E-state index contributed by atoms with van der Waals surface area (Å²) in [5.41, 5.74) is 1.25. The average molecular weight is 235 g/mol. The molecule has 0 radical (unpaired) electrons. The van der Waals surface area contributed by atoms with Crippen LogP contribution in [0.1, 0.15) is 31.9 Å². The summed E-state index contributed by atoms with van der Waals surface area (Å²) in [6.07, 6.45) is 1.39. The van der Waals surface area contributed by atoms with Crippen LogP contribution in [0.15, 0.2) is 24.3 Å². The summed E-state index contributed by atoms with van der Waals surface area (Å²) in [5.74, 6) is 0.327. The fourth-order valence-electron chi connectivity index (χ4n) is 2.34. The van der Waals surface area contributed by atoms with Gasteiger partial charge in [-0.3, -0.25) is 4.90 Å². The van der Waals surface area contributed by atoms with Crippen molar-refractivity contribution in [2.75, 3.05) is 19.7 Å². The van der Waals surface area contributed by atoms with E-state index in [0.717, 1.165) is 26.1 Å². The van der Waals surface area contributed by atoms with Crippen LogP contribution in [0.3, 0.4) is 0 Å². The first kappa shape index (κ1) is 12.4. The van der Waals surface area contributed by atoms with E-state index < -0.39 is 0 Å². The van der Waals surface area contributed by atoms with Crippen molar-refractivity contribution in [1.82, 2.24) is 4.90 Å². The van der Waals surface area contributed by atoms with Crippen LogP contribution in [0.25, 0.3) is 0 Å². The van der Waals surface area contributed by atoms with Gasteiger partial charge in [-0.2, -0.15) is 0 Å². The van der Waals surface area contributed by atoms with E-state index in [1.807, 2.05) is 12.1 Å². The number of rotatable bonds is 2. The molecule has 1 aromatic carbocycles. The van der Waals surface area contributed by atoms with Crippen molar-refractivity contribution in [1.29, 1.82) is 0 Å². The predicted molar refractivity (Wildman–Crippen MR) is 68.1 cm³/mol. The first-order chi connectivity index (χ1) is 8.16. The summed E-state index contributed by atoms with van der Waals surface area (Å²) in [5, 5.41) is 9.30. The molecule has 1 aliphatic heterocycles. The van der Waals surface area contributed by atoms with E-state index in [2.05, 4.69) is 18.7 Å². The predicted octanol–water partition coefficient (Wildman–Crippen LogP) is 2.56. The number of aromatic hydroxyl groups is 1. The number of phenols is 1. The lowest BCUT2D eigenvalue weighted by Crippen LogP contribution is -2.32. The van der Waals surface area contributed by atoms with Gasteiger partial charge in [0, 0.05) is 25.7 Å². The molecule has 1 aliphatic rings. The molecule has 17 heavy (non-hydrogen) atoms. The van der Waals surface area contributed by atoms with Crippen LogP contribution in [0, 0.1) is 0 Å². The molecule has 0 spiro atoms. The minimum atomic E-state index is 0.303. The lowest BCUT2D eigenvalue weighted by Gasteiger charge is -2.29. The number of hydrogen-bond acceptors (Lipinski definition) is 3. The van der Waals surface area contributed by atoms with Crippen LogP contribution >= 0.6 is 0 Å². The molecular formula is C14H21NO2. The average Bonchev–Trinajstić information content (AvgIpc) is 2.54. The zero-order valence-electron chi connectivity index (χ0n) is 10.6. The standard InChI is InChI=1S/C14H21NO2/c1-11-10-15(8-3-9-17-11)12(2)13-4-6-14(16)7-5-13/h4-7,11-12,16H,3,8-10H2,1-2H3. The van der Waals surface area contributed by atoms with E-state index in [1.165, 1.54) is 5.56 Å². The van der Waals surface area contributed by atoms with Gasteiger partial charge in [-0.05, 0) is 38.0 Å². The normalized spacial score (nSPS) is 24.2. The van der Waals surface area contributed by atoms with Gasteiger partial charge in [0.1, 0.15) is 5.75 Å².